The predicted molar refractivity (Wildman–Crippen MR) is 120 cm³/mol. The van der Waals surface area contributed by atoms with E-state index in [0.29, 0.717) is 6.54 Å². The van der Waals surface area contributed by atoms with Crippen LogP contribution in [0.1, 0.15) is 21.6 Å². The topological polar surface area (TPSA) is 77.2 Å². The third-order valence-corrected chi connectivity index (χ3v) is 5.30. The van der Waals surface area contributed by atoms with Gasteiger partial charge >= 0.3 is 5.69 Å². The summed E-state index contributed by atoms with van der Waals surface area (Å²) in [7, 11) is 2.95. The van der Waals surface area contributed by atoms with Crippen LogP contribution in [-0.2, 0) is 20.6 Å². The summed E-state index contributed by atoms with van der Waals surface area (Å²) in [6.07, 6.45) is 0. The van der Waals surface area contributed by atoms with Crippen molar-refractivity contribution in [2.45, 2.75) is 13.5 Å². The maximum absolute atomic E-state index is 13.5. The molecule has 2 aromatic carbocycles. The van der Waals surface area contributed by atoms with Crippen molar-refractivity contribution in [3.05, 3.63) is 104 Å². The molecule has 0 spiro atoms. The monoisotopic (exact) mass is 414 g/mol. The fourth-order valence-corrected chi connectivity index (χ4v) is 3.48. The highest BCUT2D eigenvalue weighted by Gasteiger charge is 2.21. The van der Waals surface area contributed by atoms with Crippen molar-refractivity contribution in [3.63, 3.8) is 0 Å². The van der Waals surface area contributed by atoms with E-state index in [9.17, 15) is 14.4 Å². The smallest absolute Gasteiger partial charge is 0.303 e. The maximum Gasteiger partial charge on any atom is 0.332 e. The highest BCUT2D eigenvalue weighted by Crippen LogP contribution is 2.21. The molecule has 0 aliphatic rings. The molecule has 7 heteroatoms. The molecule has 2 heterocycles. The minimum Gasteiger partial charge on any atom is -0.303 e. The first-order valence-corrected chi connectivity index (χ1v) is 9.86. The number of aromatic nitrogens is 3. The summed E-state index contributed by atoms with van der Waals surface area (Å²) < 4.78 is 2.31. The molecule has 0 aliphatic heterocycles. The second-order valence-corrected chi connectivity index (χ2v) is 7.49. The number of pyridine rings is 1. The van der Waals surface area contributed by atoms with Crippen molar-refractivity contribution in [2.75, 3.05) is 4.90 Å². The van der Waals surface area contributed by atoms with Gasteiger partial charge in [0.05, 0.1) is 11.9 Å². The molecule has 0 saturated carbocycles. The fourth-order valence-electron chi connectivity index (χ4n) is 3.48. The predicted octanol–water partition coefficient (Wildman–Crippen LogP) is 2.79. The van der Waals surface area contributed by atoms with Gasteiger partial charge in [0.2, 0.25) is 0 Å². The van der Waals surface area contributed by atoms with Crippen LogP contribution in [-0.4, -0.2) is 20.0 Å². The molecular weight excluding hydrogens is 392 g/mol. The van der Waals surface area contributed by atoms with Gasteiger partial charge in [0, 0.05) is 19.8 Å². The van der Waals surface area contributed by atoms with Crippen LogP contribution in [0.2, 0.25) is 0 Å². The van der Waals surface area contributed by atoms with E-state index in [2.05, 4.69) is 4.98 Å². The summed E-state index contributed by atoms with van der Waals surface area (Å²) in [5.74, 6) is -0.317. The van der Waals surface area contributed by atoms with Gasteiger partial charge in [0.15, 0.2) is 0 Å². The highest BCUT2D eigenvalue weighted by atomic mass is 16.2. The van der Waals surface area contributed by atoms with Crippen LogP contribution in [0, 0.1) is 6.92 Å². The molecule has 7 nitrogen and oxygen atoms in total. The zero-order valence-corrected chi connectivity index (χ0v) is 17.6. The molecule has 2 aromatic heterocycles. The number of amides is 1. The van der Waals surface area contributed by atoms with E-state index < -0.39 is 11.2 Å². The number of benzene rings is 2. The van der Waals surface area contributed by atoms with Crippen LogP contribution in [0.25, 0.3) is 11.0 Å². The minimum absolute atomic E-state index is 0.159. The molecule has 0 saturated heterocycles. The molecular formula is C24H22N4O3. The van der Waals surface area contributed by atoms with E-state index in [4.69, 9.17) is 0 Å². The first-order chi connectivity index (χ1) is 14.9. The minimum atomic E-state index is -0.491. The maximum atomic E-state index is 13.5. The first-order valence-electron chi connectivity index (χ1n) is 9.86. The normalized spacial score (nSPS) is 10.9. The zero-order chi connectivity index (χ0) is 22.1. The number of hydrogen-bond acceptors (Lipinski definition) is 4. The lowest BCUT2D eigenvalue weighted by Gasteiger charge is -2.23. The fraction of sp³-hybridized carbons (Fsp3) is 0.167. The molecule has 4 rings (SSSR count). The van der Waals surface area contributed by atoms with E-state index in [1.54, 1.807) is 11.0 Å². The zero-order valence-electron chi connectivity index (χ0n) is 17.6. The standard InChI is InChI=1S/C24H22N4O3/c1-16-9-11-18(12-10-16)28(15-17-7-5-4-6-8-17)23(30)20-14-13-19-21(25-20)26(2)24(31)27(3)22(19)29/h4-14H,15H2,1-3H3. The van der Waals surface area contributed by atoms with Crippen LogP contribution in [0.3, 0.4) is 0 Å². The van der Waals surface area contributed by atoms with Crippen molar-refractivity contribution in [1.82, 2.24) is 14.1 Å². The third kappa shape index (κ3) is 3.77. The lowest BCUT2D eigenvalue weighted by Crippen LogP contribution is -2.38. The molecule has 0 fully saturated rings. The van der Waals surface area contributed by atoms with Gasteiger partial charge in [-0.05, 0) is 36.8 Å². The van der Waals surface area contributed by atoms with Crippen molar-refractivity contribution >= 4 is 22.6 Å². The van der Waals surface area contributed by atoms with Gasteiger partial charge in [0.25, 0.3) is 11.5 Å². The SMILES string of the molecule is Cc1ccc(N(Cc2ccccc2)C(=O)c2ccc3c(=O)n(C)c(=O)n(C)c3n2)cc1. The molecule has 0 aliphatic carbocycles. The number of rotatable bonds is 4. The molecule has 4 aromatic rings. The number of anilines is 1. The number of nitrogens with zero attached hydrogens (tertiary/aromatic N) is 4. The third-order valence-electron chi connectivity index (χ3n) is 5.30. The Morgan fingerprint density at radius 1 is 0.903 bits per heavy atom. The quantitative estimate of drug-likeness (QED) is 0.515. The number of carbonyl (C=O) groups is 1. The van der Waals surface area contributed by atoms with Crippen molar-refractivity contribution < 1.29 is 4.79 Å². The van der Waals surface area contributed by atoms with Crippen LogP contribution in [0.4, 0.5) is 5.69 Å². The second kappa shape index (κ2) is 8.02. The van der Waals surface area contributed by atoms with Crippen LogP contribution in [0.5, 0.6) is 0 Å². The summed E-state index contributed by atoms with van der Waals surface area (Å²) in [6, 6.07) is 20.4. The Morgan fingerprint density at radius 2 is 1.58 bits per heavy atom. The van der Waals surface area contributed by atoms with E-state index in [0.717, 1.165) is 21.4 Å². The molecule has 0 radical (unpaired) electrons. The lowest BCUT2D eigenvalue weighted by molar-refractivity contribution is 0.0980. The largest absolute Gasteiger partial charge is 0.332 e. The number of aryl methyl sites for hydroxylation is 2. The van der Waals surface area contributed by atoms with Gasteiger partial charge in [-0.25, -0.2) is 9.78 Å². The first kappa shape index (κ1) is 20.3. The van der Waals surface area contributed by atoms with Gasteiger partial charge in [-0.15, -0.1) is 0 Å². The van der Waals surface area contributed by atoms with Crippen LogP contribution >= 0.6 is 0 Å². The van der Waals surface area contributed by atoms with Gasteiger partial charge in [0.1, 0.15) is 11.3 Å². The average molecular weight is 414 g/mol. The van der Waals surface area contributed by atoms with Gasteiger partial charge in [-0.1, -0.05) is 48.0 Å². The van der Waals surface area contributed by atoms with E-state index in [1.807, 2.05) is 61.5 Å². The van der Waals surface area contributed by atoms with Gasteiger partial charge < -0.3 is 4.90 Å². The van der Waals surface area contributed by atoms with Gasteiger partial charge in [-0.2, -0.15) is 0 Å². The summed E-state index contributed by atoms with van der Waals surface area (Å²) in [5, 5.41) is 0.283. The van der Waals surface area contributed by atoms with Crippen molar-refractivity contribution in [1.29, 1.82) is 0 Å². The molecule has 0 N–H and O–H groups in total. The van der Waals surface area contributed by atoms with E-state index in [1.165, 1.54) is 24.7 Å². The molecule has 0 unspecified atom stereocenters. The molecule has 0 atom stereocenters. The average Bonchev–Trinajstić information content (AvgIpc) is 2.80. The van der Waals surface area contributed by atoms with Gasteiger partial charge in [-0.3, -0.25) is 18.7 Å². The molecule has 156 valence electrons. The van der Waals surface area contributed by atoms with E-state index >= 15 is 0 Å². The van der Waals surface area contributed by atoms with Crippen molar-refractivity contribution in [3.8, 4) is 0 Å². The molecule has 1 amide bonds. The Labute approximate surface area is 178 Å². The molecule has 31 heavy (non-hydrogen) atoms. The number of hydrogen-bond donors (Lipinski definition) is 0. The second-order valence-electron chi connectivity index (χ2n) is 7.49. The Bertz CT molecular complexity index is 1390. The Balaban J connectivity index is 1.82. The summed E-state index contributed by atoms with van der Waals surface area (Å²) in [5.41, 5.74) is 2.21. The number of fused-ring (bicyclic) bond motifs is 1. The Hall–Kier alpha value is -4.00. The van der Waals surface area contributed by atoms with Crippen LogP contribution in [0.15, 0.2) is 76.3 Å². The van der Waals surface area contributed by atoms with Crippen molar-refractivity contribution in [2.24, 2.45) is 14.1 Å². The Morgan fingerprint density at radius 3 is 2.26 bits per heavy atom. The molecule has 0 bridgehead atoms. The highest BCUT2D eigenvalue weighted by molar-refractivity contribution is 6.05. The van der Waals surface area contributed by atoms with E-state index in [-0.39, 0.29) is 22.6 Å². The Kier molecular flexibility index (Phi) is 5.25. The number of carbonyl (C=O) groups excluding carboxylic acids is 1. The summed E-state index contributed by atoms with van der Waals surface area (Å²) in [4.78, 5) is 44.3. The van der Waals surface area contributed by atoms with Crippen LogP contribution < -0.4 is 16.1 Å². The summed E-state index contributed by atoms with van der Waals surface area (Å²) in [6.45, 7) is 2.34. The summed E-state index contributed by atoms with van der Waals surface area (Å²) >= 11 is 0. The lowest BCUT2D eigenvalue weighted by atomic mass is 10.1.